The molecule has 16 heavy (non-hydrogen) atoms. The molecule has 0 aliphatic carbocycles. The normalized spacial score (nSPS) is 10.4. The molecule has 0 atom stereocenters. The molecule has 0 fully saturated rings. The van der Waals surface area contributed by atoms with Crippen LogP contribution in [0, 0.1) is 13.8 Å². The summed E-state index contributed by atoms with van der Waals surface area (Å²) < 4.78 is 1.45. The molecule has 0 radical (unpaired) electrons. The van der Waals surface area contributed by atoms with Crippen molar-refractivity contribution >= 4 is 5.97 Å². The second-order valence-corrected chi connectivity index (χ2v) is 3.40. The van der Waals surface area contributed by atoms with Crippen LogP contribution in [0.2, 0.25) is 0 Å². The van der Waals surface area contributed by atoms with E-state index in [1.165, 1.54) is 10.7 Å². The van der Waals surface area contributed by atoms with Gasteiger partial charge in [0.1, 0.15) is 0 Å². The Bertz CT molecular complexity index is 530. The van der Waals surface area contributed by atoms with Crippen LogP contribution in [0.4, 0.5) is 0 Å². The molecule has 2 aromatic rings. The van der Waals surface area contributed by atoms with Gasteiger partial charge in [0.15, 0.2) is 11.5 Å². The summed E-state index contributed by atoms with van der Waals surface area (Å²) in [6.45, 7) is 3.59. The van der Waals surface area contributed by atoms with Crippen LogP contribution in [-0.4, -0.2) is 30.8 Å². The molecule has 0 amide bonds. The Morgan fingerprint density at radius 1 is 1.31 bits per heavy atom. The van der Waals surface area contributed by atoms with Gasteiger partial charge in [-0.25, -0.2) is 14.5 Å². The first-order valence-electron chi connectivity index (χ1n) is 4.67. The van der Waals surface area contributed by atoms with Crippen molar-refractivity contribution in [1.29, 1.82) is 0 Å². The molecule has 0 aliphatic rings. The van der Waals surface area contributed by atoms with E-state index in [0.29, 0.717) is 11.5 Å². The molecule has 0 unspecified atom stereocenters. The average molecular weight is 218 g/mol. The summed E-state index contributed by atoms with van der Waals surface area (Å²) in [6, 6.07) is 1.49. The van der Waals surface area contributed by atoms with Crippen LogP contribution in [0.3, 0.4) is 0 Å². The Morgan fingerprint density at radius 2 is 2.06 bits per heavy atom. The molecule has 2 heterocycles. The van der Waals surface area contributed by atoms with Crippen LogP contribution in [0.1, 0.15) is 21.9 Å². The quantitative estimate of drug-likeness (QED) is 0.812. The van der Waals surface area contributed by atoms with Crippen LogP contribution in [0.15, 0.2) is 18.5 Å². The lowest BCUT2D eigenvalue weighted by Crippen LogP contribution is -2.04. The van der Waals surface area contributed by atoms with Crippen LogP contribution < -0.4 is 0 Å². The topological polar surface area (TPSA) is 80.9 Å². The van der Waals surface area contributed by atoms with Gasteiger partial charge < -0.3 is 5.11 Å². The summed E-state index contributed by atoms with van der Waals surface area (Å²) in [7, 11) is 0. The SMILES string of the molecule is Cc1cnc(-n2nc(C(=O)O)cc2C)cn1. The number of rotatable bonds is 2. The van der Waals surface area contributed by atoms with Crippen molar-refractivity contribution in [2.45, 2.75) is 13.8 Å². The Morgan fingerprint density at radius 3 is 2.56 bits per heavy atom. The summed E-state index contributed by atoms with van der Waals surface area (Å²) in [4.78, 5) is 18.9. The third-order valence-electron chi connectivity index (χ3n) is 2.09. The van der Waals surface area contributed by atoms with Gasteiger partial charge >= 0.3 is 5.97 Å². The fourth-order valence-electron chi connectivity index (χ4n) is 1.31. The van der Waals surface area contributed by atoms with Crippen molar-refractivity contribution in [1.82, 2.24) is 19.7 Å². The summed E-state index contributed by atoms with van der Waals surface area (Å²) in [5.74, 6) is -0.544. The monoisotopic (exact) mass is 218 g/mol. The first kappa shape index (κ1) is 10.3. The van der Waals surface area contributed by atoms with Crippen molar-refractivity contribution in [3.63, 3.8) is 0 Å². The fourth-order valence-corrected chi connectivity index (χ4v) is 1.31. The summed E-state index contributed by atoms with van der Waals surface area (Å²) in [6.07, 6.45) is 3.16. The van der Waals surface area contributed by atoms with Crippen LogP contribution in [0.5, 0.6) is 0 Å². The van der Waals surface area contributed by atoms with Gasteiger partial charge in [0.05, 0.1) is 18.1 Å². The molecule has 0 saturated heterocycles. The highest BCUT2D eigenvalue weighted by atomic mass is 16.4. The van der Waals surface area contributed by atoms with Crippen molar-refractivity contribution in [2.24, 2.45) is 0 Å². The van der Waals surface area contributed by atoms with Gasteiger partial charge in [0.2, 0.25) is 0 Å². The number of carboxylic acids is 1. The maximum atomic E-state index is 10.7. The minimum absolute atomic E-state index is 0.000116. The summed E-state index contributed by atoms with van der Waals surface area (Å²) in [5.41, 5.74) is 1.50. The van der Waals surface area contributed by atoms with Crippen LogP contribution in [0.25, 0.3) is 5.82 Å². The highest BCUT2D eigenvalue weighted by Gasteiger charge is 2.12. The zero-order valence-corrected chi connectivity index (χ0v) is 8.88. The highest BCUT2D eigenvalue weighted by Crippen LogP contribution is 2.09. The minimum atomic E-state index is -1.05. The van der Waals surface area contributed by atoms with Gasteiger partial charge in [-0.15, -0.1) is 0 Å². The minimum Gasteiger partial charge on any atom is -0.476 e. The third kappa shape index (κ3) is 1.77. The van der Waals surface area contributed by atoms with Crippen molar-refractivity contribution in [2.75, 3.05) is 0 Å². The Hall–Kier alpha value is -2.24. The molecule has 2 aromatic heterocycles. The Balaban J connectivity index is 2.47. The molecule has 0 aliphatic heterocycles. The number of aromatic carboxylic acids is 1. The zero-order chi connectivity index (χ0) is 11.7. The number of aromatic nitrogens is 4. The number of carbonyl (C=O) groups is 1. The summed E-state index contributed by atoms with van der Waals surface area (Å²) in [5, 5.41) is 12.7. The van der Waals surface area contributed by atoms with Gasteiger partial charge in [-0.1, -0.05) is 0 Å². The molecule has 6 heteroatoms. The second kappa shape index (κ2) is 3.73. The van der Waals surface area contributed by atoms with E-state index < -0.39 is 5.97 Å². The maximum Gasteiger partial charge on any atom is 0.356 e. The largest absolute Gasteiger partial charge is 0.476 e. The smallest absolute Gasteiger partial charge is 0.356 e. The molecule has 0 bridgehead atoms. The lowest BCUT2D eigenvalue weighted by molar-refractivity contribution is 0.0690. The first-order valence-corrected chi connectivity index (χ1v) is 4.67. The third-order valence-corrected chi connectivity index (χ3v) is 2.09. The zero-order valence-electron chi connectivity index (χ0n) is 8.88. The molecule has 2 rings (SSSR count). The van der Waals surface area contributed by atoms with E-state index >= 15 is 0 Å². The number of hydrogen-bond donors (Lipinski definition) is 1. The fraction of sp³-hybridized carbons (Fsp3) is 0.200. The van der Waals surface area contributed by atoms with Crippen molar-refractivity contribution in [3.8, 4) is 5.82 Å². The van der Waals surface area contributed by atoms with E-state index in [0.717, 1.165) is 5.69 Å². The average Bonchev–Trinajstić information content (AvgIpc) is 2.62. The van der Waals surface area contributed by atoms with E-state index in [1.807, 2.05) is 6.92 Å². The van der Waals surface area contributed by atoms with Gasteiger partial charge in [0, 0.05) is 5.69 Å². The molecular formula is C10H10N4O2. The number of hydrogen-bond acceptors (Lipinski definition) is 4. The molecule has 6 nitrogen and oxygen atoms in total. The van der Waals surface area contributed by atoms with Gasteiger partial charge in [-0.05, 0) is 19.9 Å². The van der Waals surface area contributed by atoms with Gasteiger partial charge in [0.25, 0.3) is 0 Å². The highest BCUT2D eigenvalue weighted by molar-refractivity contribution is 5.85. The van der Waals surface area contributed by atoms with E-state index in [9.17, 15) is 4.79 Å². The lowest BCUT2D eigenvalue weighted by atomic mass is 10.4. The van der Waals surface area contributed by atoms with E-state index in [2.05, 4.69) is 15.1 Å². The predicted molar refractivity (Wildman–Crippen MR) is 55.6 cm³/mol. The maximum absolute atomic E-state index is 10.7. The molecule has 0 saturated carbocycles. The number of aryl methyl sites for hydroxylation is 2. The second-order valence-electron chi connectivity index (χ2n) is 3.40. The van der Waals surface area contributed by atoms with Gasteiger partial charge in [-0.2, -0.15) is 5.10 Å². The first-order chi connectivity index (χ1) is 7.58. The molecule has 0 aromatic carbocycles. The summed E-state index contributed by atoms with van der Waals surface area (Å²) >= 11 is 0. The molecular weight excluding hydrogens is 208 g/mol. The predicted octanol–water partition coefficient (Wildman–Crippen LogP) is 0.977. The van der Waals surface area contributed by atoms with Crippen molar-refractivity contribution in [3.05, 3.63) is 35.5 Å². The van der Waals surface area contributed by atoms with Crippen molar-refractivity contribution < 1.29 is 9.90 Å². The molecule has 0 spiro atoms. The molecule has 82 valence electrons. The van der Waals surface area contributed by atoms with E-state index in [1.54, 1.807) is 19.3 Å². The van der Waals surface area contributed by atoms with Gasteiger partial charge in [-0.3, -0.25) is 4.98 Å². The van der Waals surface area contributed by atoms with E-state index in [-0.39, 0.29) is 5.69 Å². The standard InChI is InChI=1S/C10H10N4O2/c1-6-4-12-9(5-11-6)14-7(2)3-8(13-14)10(15)16/h3-5H,1-2H3,(H,15,16). The van der Waals surface area contributed by atoms with Crippen LogP contribution >= 0.6 is 0 Å². The van der Waals surface area contributed by atoms with Crippen LogP contribution in [-0.2, 0) is 0 Å². The number of nitrogens with zero attached hydrogens (tertiary/aromatic N) is 4. The number of carboxylic acid groups (broad SMARTS) is 1. The van der Waals surface area contributed by atoms with E-state index in [4.69, 9.17) is 5.11 Å². The Labute approximate surface area is 91.6 Å². The molecule has 1 N–H and O–H groups in total. The Kier molecular flexibility index (Phi) is 2.40. The lowest BCUT2D eigenvalue weighted by Gasteiger charge is -2.01.